The van der Waals surface area contributed by atoms with E-state index in [4.69, 9.17) is 5.84 Å². The Morgan fingerprint density at radius 2 is 2.00 bits per heavy atom. The van der Waals surface area contributed by atoms with Gasteiger partial charge in [-0.05, 0) is 25.0 Å². The summed E-state index contributed by atoms with van der Waals surface area (Å²) in [5, 5.41) is 11.1. The van der Waals surface area contributed by atoms with Crippen molar-refractivity contribution in [2.45, 2.75) is 38.1 Å². The fourth-order valence-electron chi connectivity index (χ4n) is 1.82. The van der Waals surface area contributed by atoms with Crippen molar-refractivity contribution in [2.75, 3.05) is 5.43 Å². The van der Waals surface area contributed by atoms with Gasteiger partial charge >= 0.3 is 5.69 Å². The fraction of sp³-hybridized carbons (Fsp3) is 0.500. The molecule has 0 radical (unpaired) electrons. The SMILES string of the molecule is CCC(C)C(C)NS(=O)(=O)c1cccc(NN)c1[N+](=O)[O-]. The topological polar surface area (TPSA) is 127 Å². The van der Waals surface area contributed by atoms with Gasteiger partial charge in [-0.15, -0.1) is 0 Å². The minimum atomic E-state index is -4.01. The van der Waals surface area contributed by atoms with Gasteiger partial charge in [0, 0.05) is 6.04 Å². The van der Waals surface area contributed by atoms with Crippen LogP contribution in [0.3, 0.4) is 0 Å². The second-order valence-electron chi connectivity index (χ2n) is 4.85. The number of rotatable bonds is 7. The highest BCUT2D eigenvalue weighted by molar-refractivity contribution is 7.89. The minimum absolute atomic E-state index is 0.0564. The van der Waals surface area contributed by atoms with Crippen LogP contribution in [0.5, 0.6) is 0 Å². The first-order valence-corrected chi connectivity index (χ1v) is 7.99. The van der Waals surface area contributed by atoms with Crippen LogP contribution in [0.2, 0.25) is 0 Å². The first kappa shape index (κ1) is 17.3. The number of benzene rings is 1. The van der Waals surface area contributed by atoms with Crippen molar-refractivity contribution in [3.8, 4) is 0 Å². The van der Waals surface area contributed by atoms with Gasteiger partial charge in [-0.1, -0.05) is 26.3 Å². The number of nitro benzene ring substituents is 1. The molecule has 0 bridgehead atoms. The van der Waals surface area contributed by atoms with Gasteiger partial charge in [0.25, 0.3) is 0 Å². The van der Waals surface area contributed by atoms with Crippen LogP contribution in [-0.4, -0.2) is 19.4 Å². The third kappa shape index (κ3) is 3.90. The van der Waals surface area contributed by atoms with Gasteiger partial charge in [0.2, 0.25) is 10.0 Å². The molecule has 0 aliphatic rings. The molecule has 1 rings (SSSR count). The lowest BCUT2D eigenvalue weighted by Crippen LogP contribution is -2.37. The molecule has 0 aromatic heterocycles. The third-order valence-corrected chi connectivity index (χ3v) is 5.06. The first-order valence-electron chi connectivity index (χ1n) is 6.51. The molecule has 4 N–H and O–H groups in total. The average molecular weight is 316 g/mol. The van der Waals surface area contributed by atoms with E-state index in [0.29, 0.717) is 0 Å². The molecule has 21 heavy (non-hydrogen) atoms. The van der Waals surface area contributed by atoms with Gasteiger partial charge in [-0.25, -0.2) is 13.1 Å². The molecule has 2 unspecified atom stereocenters. The van der Waals surface area contributed by atoms with Crippen LogP contribution >= 0.6 is 0 Å². The van der Waals surface area contributed by atoms with Gasteiger partial charge in [0.1, 0.15) is 5.69 Å². The van der Waals surface area contributed by atoms with E-state index in [-0.39, 0.29) is 17.6 Å². The molecule has 2 atom stereocenters. The van der Waals surface area contributed by atoms with E-state index in [1.54, 1.807) is 6.92 Å². The number of anilines is 1. The molecule has 0 amide bonds. The summed E-state index contributed by atoms with van der Waals surface area (Å²) in [6.07, 6.45) is 0.788. The van der Waals surface area contributed by atoms with Crippen LogP contribution in [0, 0.1) is 16.0 Å². The summed E-state index contributed by atoms with van der Waals surface area (Å²) >= 11 is 0. The van der Waals surface area contributed by atoms with E-state index in [9.17, 15) is 18.5 Å². The second kappa shape index (κ2) is 6.83. The van der Waals surface area contributed by atoms with Crippen LogP contribution in [0.15, 0.2) is 23.1 Å². The number of nitrogens with two attached hydrogens (primary N) is 1. The van der Waals surface area contributed by atoms with E-state index in [1.165, 1.54) is 18.2 Å². The Balaban J connectivity index is 3.29. The predicted octanol–water partition coefficient (Wildman–Crippen LogP) is 1.59. The normalized spacial score (nSPS) is 14.5. The second-order valence-corrected chi connectivity index (χ2v) is 6.53. The van der Waals surface area contributed by atoms with Crippen LogP contribution in [0.1, 0.15) is 27.2 Å². The molecule has 0 saturated heterocycles. The zero-order valence-corrected chi connectivity index (χ0v) is 13.0. The maximum absolute atomic E-state index is 12.4. The van der Waals surface area contributed by atoms with E-state index >= 15 is 0 Å². The summed E-state index contributed by atoms with van der Waals surface area (Å²) in [5.74, 6) is 5.31. The van der Waals surface area contributed by atoms with Gasteiger partial charge in [-0.3, -0.25) is 16.0 Å². The summed E-state index contributed by atoms with van der Waals surface area (Å²) in [6, 6.07) is 3.58. The van der Waals surface area contributed by atoms with Crippen LogP contribution in [0.4, 0.5) is 11.4 Å². The van der Waals surface area contributed by atoms with E-state index in [2.05, 4.69) is 10.1 Å². The molecule has 0 aliphatic carbocycles. The first-order chi connectivity index (χ1) is 9.74. The molecular formula is C12H20N4O4S. The molecule has 0 fully saturated rings. The third-order valence-electron chi connectivity index (χ3n) is 3.47. The Kier molecular flexibility index (Phi) is 5.64. The quantitative estimate of drug-likeness (QED) is 0.398. The van der Waals surface area contributed by atoms with E-state index in [1.807, 2.05) is 13.8 Å². The number of para-hydroxylation sites is 1. The molecule has 8 nitrogen and oxygen atoms in total. The highest BCUT2D eigenvalue weighted by Crippen LogP contribution is 2.31. The molecule has 0 spiro atoms. The van der Waals surface area contributed by atoms with Gasteiger partial charge < -0.3 is 5.43 Å². The number of nitrogens with zero attached hydrogens (tertiary/aromatic N) is 1. The van der Waals surface area contributed by atoms with Gasteiger partial charge in [0.15, 0.2) is 4.90 Å². The van der Waals surface area contributed by atoms with Crippen LogP contribution in [0.25, 0.3) is 0 Å². The lowest BCUT2D eigenvalue weighted by Gasteiger charge is -2.20. The predicted molar refractivity (Wildman–Crippen MR) is 80.1 cm³/mol. The monoisotopic (exact) mass is 316 g/mol. The van der Waals surface area contributed by atoms with Gasteiger partial charge in [-0.2, -0.15) is 0 Å². The molecule has 0 heterocycles. The van der Waals surface area contributed by atoms with Crippen molar-refractivity contribution in [2.24, 2.45) is 11.8 Å². The van der Waals surface area contributed by atoms with E-state index < -0.39 is 25.5 Å². The Bertz CT molecular complexity index is 618. The van der Waals surface area contributed by atoms with Crippen molar-refractivity contribution >= 4 is 21.4 Å². The number of nitro groups is 1. The van der Waals surface area contributed by atoms with Gasteiger partial charge in [0.05, 0.1) is 4.92 Å². The molecule has 1 aromatic rings. The number of hydrogen-bond acceptors (Lipinski definition) is 6. The summed E-state index contributed by atoms with van der Waals surface area (Å²) in [6.45, 7) is 5.57. The molecule has 1 aromatic carbocycles. The van der Waals surface area contributed by atoms with Crippen LogP contribution < -0.4 is 16.0 Å². The number of nitrogens with one attached hydrogen (secondary N) is 2. The Hall–Kier alpha value is -1.71. The largest absolute Gasteiger partial charge is 0.318 e. The summed E-state index contributed by atoms with van der Waals surface area (Å²) in [4.78, 5) is 9.97. The highest BCUT2D eigenvalue weighted by atomic mass is 32.2. The minimum Gasteiger partial charge on any atom is -0.318 e. The van der Waals surface area contributed by atoms with Crippen molar-refractivity contribution in [3.05, 3.63) is 28.3 Å². The maximum atomic E-state index is 12.4. The molecule has 0 saturated carbocycles. The highest BCUT2D eigenvalue weighted by Gasteiger charge is 2.30. The number of hydrazine groups is 1. The molecule has 118 valence electrons. The number of sulfonamides is 1. The Morgan fingerprint density at radius 1 is 1.38 bits per heavy atom. The zero-order chi connectivity index (χ0) is 16.2. The summed E-state index contributed by atoms with van der Waals surface area (Å²) in [5.41, 5.74) is 1.52. The van der Waals surface area contributed by atoms with Crippen molar-refractivity contribution in [1.82, 2.24) is 4.72 Å². The smallest absolute Gasteiger partial charge is 0.313 e. The number of hydrogen-bond donors (Lipinski definition) is 3. The summed E-state index contributed by atoms with van der Waals surface area (Å²) < 4.78 is 27.2. The summed E-state index contributed by atoms with van der Waals surface area (Å²) in [7, 11) is -4.01. The lowest BCUT2D eigenvalue weighted by molar-refractivity contribution is -0.386. The Labute approximate surface area is 123 Å². The lowest BCUT2D eigenvalue weighted by atomic mass is 10.0. The van der Waals surface area contributed by atoms with Crippen molar-refractivity contribution in [3.63, 3.8) is 0 Å². The van der Waals surface area contributed by atoms with Crippen molar-refractivity contribution < 1.29 is 13.3 Å². The average Bonchev–Trinajstić information content (AvgIpc) is 2.44. The molecule has 9 heteroatoms. The fourth-order valence-corrected chi connectivity index (χ4v) is 3.37. The number of nitrogen functional groups attached to an aromatic ring is 1. The van der Waals surface area contributed by atoms with Crippen molar-refractivity contribution in [1.29, 1.82) is 0 Å². The van der Waals surface area contributed by atoms with Crippen LogP contribution in [-0.2, 0) is 10.0 Å². The zero-order valence-electron chi connectivity index (χ0n) is 12.2. The molecule has 0 aliphatic heterocycles. The Morgan fingerprint density at radius 3 is 2.48 bits per heavy atom. The van der Waals surface area contributed by atoms with E-state index in [0.717, 1.165) is 6.42 Å². The molecular weight excluding hydrogens is 296 g/mol. The standard InChI is InChI=1S/C12H20N4O4S/c1-4-8(2)9(3)15-21(19,20)11-7-5-6-10(14-13)12(11)16(17)18/h5-9,14-15H,4,13H2,1-3H3. The maximum Gasteiger partial charge on any atom is 0.313 e.